The van der Waals surface area contributed by atoms with Gasteiger partial charge in [-0.15, -0.1) is 0 Å². The van der Waals surface area contributed by atoms with Crippen LogP contribution in [0.2, 0.25) is 5.02 Å². The van der Waals surface area contributed by atoms with Gasteiger partial charge in [0.25, 0.3) is 5.56 Å². The number of benzene rings is 2. The maximum atomic E-state index is 13.1. The molecule has 4 rings (SSSR count). The number of hydrogen-bond donors (Lipinski definition) is 0. The summed E-state index contributed by atoms with van der Waals surface area (Å²) in [6.07, 6.45) is 1.86. The van der Waals surface area contributed by atoms with E-state index in [1.807, 2.05) is 0 Å². The van der Waals surface area contributed by atoms with Crippen molar-refractivity contribution in [3.05, 3.63) is 63.4 Å². The normalized spacial score (nSPS) is 16.1. The van der Waals surface area contributed by atoms with Gasteiger partial charge in [0.1, 0.15) is 5.75 Å². The molecule has 3 aromatic rings. The predicted octanol–water partition coefficient (Wildman–Crippen LogP) is 4.21. The molecule has 1 aliphatic heterocycles. The van der Waals surface area contributed by atoms with Gasteiger partial charge in [-0.1, -0.05) is 23.4 Å². The second kappa shape index (κ2) is 9.20. The average Bonchev–Trinajstić information content (AvgIpc) is 3.27. The highest BCUT2D eigenvalue weighted by atomic mass is 35.5. The van der Waals surface area contributed by atoms with Gasteiger partial charge >= 0.3 is 0 Å². The number of rotatable bonds is 7. The molecule has 2 aromatic carbocycles. The van der Waals surface area contributed by atoms with E-state index in [4.69, 9.17) is 21.1 Å². The van der Waals surface area contributed by atoms with Gasteiger partial charge in [0.2, 0.25) is 0 Å². The number of thioether (sulfide) groups is 1. The topological polar surface area (TPSA) is 70.4 Å². The molecule has 0 amide bonds. The van der Waals surface area contributed by atoms with Crippen molar-refractivity contribution in [1.29, 1.82) is 0 Å². The summed E-state index contributed by atoms with van der Waals surface area (Å²) in [6.45, 7) is 1.12. The molecule has 8 heteroatoms. The van der Waals surface area contributed by atoms with Crippen molar-refractivity contribution in [3.63, 3.8) is 0 Å². The SMILES string of the molecule is COc1ccc(C(=O)CSc2nc3cc(Cl)ccc3c(=O)n2C[C@@H]2CCCO2)cc1. The minimum atomic E-state index is -0.147. The van der Waals surface area contributed by atoms with E-state index in [2.05, 4.69) is 4.98 Å². The van der Waals surface area contributed by atoms with Gasteiger partial charge in [-0.2, -0.15) is 0 Å². The molecular formula is C22H21ClN2O4S. The number of hydrogen-bond acceptors (Lipinski definition) is 6. The van der Waals surface area contributed by atoms with Crippen LogP contribution in [0.3, 0.4) is 0 Å². The van der Waals surface area contributed by atoms with E-state index >= 15 is 0 Å². The molecule has 1 aromatic heterocycles. The van der Waals surface area contributed by atoms with E-state index in [9.17, 15) is 9.59 Å². The maximum absolute atomic E-state index is 13.1. The molecule has 156 valence electrons. The van der Waals surface area contributed by atoms with E-state index in [0.29, 0.717) is 45.5 Å². The molecule has 2 heterocycles. The molecule has 0 bridgehead atoms. The summed E-state index contributed by atoms with van der Waals surface area (Å²) in [7, 11) is 1.58. The zero-order valence-electron chi connectivity index (χ0n) is 16.5. The van der Waals surface area contributed by atoms with E-state index in [-0.39, 0.29) is 23.2 Å². The highest BCUT2D eigenvalue weighted by molar-refractivity contribution is 7.99. The van der Waals surface area contributed by atoms with Gasteiger partial charge < -0.3 is 9.47 Å². The van der Waals surface area contributed by atoms with Crippen LogP contribution in [0.25, 0.3) is 10.9 Å². The molecule has 0 unspecified atom stereocenters. The third kappa shape index (κ3) is 4.53. The Kier molecular flexibility index (Phi) is 6.41. The lowest BCUT2D eigenvalue weighted by Gasteiger charge is -2.16. The molecule has 1 fully saturated rings. The van der Waals surface area contributed by atoms with Crippen molar-refractivity contribution >= 4 is 40.0 Å². The van der Waals surface area contributed by atoms with Gasteiger partial charge in [0, 0.05) is 17.2 Å². The van der Waals surface area contributed by atoms with Gasteiger partial charge in [0.05, 0.1) is 36.4 Å². The summed E-state index contributed by atoms with van der Waals surface area (Å²) in [5.41, 5.74) is 0.960. The van der Waals surface area contributed by atoms with Crippen LogP contribution in [0, 0.1) is 0 Å². The number of nitrogens with zero attached hydrogens (tertiary/aromatic N) is 2. The van der Waals surface area contributed by atoms with Gasteiger partial charge in [0.15, 0.2) is 10.9 Å². The third-order valence-corrected chi connectivity index (χ3v) is 6.25. The number of ether oxygens (including phenoxy) is 2. The fourth-order valence-corrected chi connectivity index (χ4v) is 4.50. The zero-order chi connectivity index (χ0) is 21.1. The molecular weight excluding hydrogens is 424 g/mol. The third-order valence-electron chi connectivity index (χ3n) is 5.04. The molecule has 1 aliphatic rings. The summed E-state index contributed by atoms with van der Waals surface area (Å²) in [6, 6.07) is 12.0. The van der Waals surface area contributed by atoms with E-state index < -0.39 is 0 Å². The van der Waals surface area contributed by atoms with Crippen LogP contribution in [0.5, 0.6) is 5.75 Å². The predicted molar refractivity (Wildman–Crippen MR) is 118 cm³/mol. The van der Waals surface area contributed by atoms with Crippen molar-refractivity contribution in [1.82, 2.24) is 9.55 Å². The maximum Gasteiger partial charge on any atom is 0.262 e. The zero-order valence-corrected chi connectivity index (χ0v) is 18.0. The largest absolute Gasteiger partial charge is 0.497 e. The highest BCUT2D eigenvalue weighted by Crippen LogP contribution is 2.24. The molecule has 0 aliphatic carbocycles. The Hall–Kier alpha value is -2.35. The molecule has 0 N–H and O–H groups in total. The standard InChI is InChI=1S/C22H21ClN2O4S/c1-28-16-7-4-14(5-8-16)20(26)13-30-22-24-19-11-15(23)6-9-18(19)21(27)25(22)12-17-3-2-10-29-17/h4-9,11,17H,2-3,10,12-13H2,1H3/t17-/m0/s1. The van der Waals surface area contributed by atoms with Gasteiger partial charge in [-0.25, -0.2) is 4.98 Å². The van der Waals surface area contributed by atoms with Crippen molar-refractivity contribution in [2.24, 2.45) is 0 Å². The second-order valence-electron chi connectivity index (χ2n) is 7.05. The molecule has 0 radical (unpaired) electrons. The second-order valence-corrected chi connectivity index (χ2v) is 8.43. The Labute approximate surface area is 183 Å². The minimum Gasteiger partial charge on any atom is -0.497 e. The van der Waals surface area contributed by atoms with Crippen molar-refractivity contribution in [3.8, 4) is 5.75 Å². The lowest BCUT2D eigenvalue weighted by molar-refractivity contribution is 0.0937. The Morgan fingerprint density at radius 2 is 2.10 bits per heavy atom. The molecule has 30 heavy (non-hydrogen) atoms. The number of aromatic nitrogens is 2. The lowest BCUT2D eigenvalue weighted by atomic mass is 10.1. The number of fused-ring (bicyclic) bond motifs is 1. The average molecular weight is 445 g/mol. The van der Waals surface area contributed by atoms with Crippen molar-refractivity contribution in [2.45, 2.75) is 30.6 Å². The van der Waals surface area contributed by atoms with Crippen LogP contribution in [0.1, 0.15) is 23.2 Å². The first kappa shape index (κ1) is 20.9. The van der Waals surface area contributed by atoms with E-state index in [1.165, 1.54) is 11.8 Å². The fourth-order valence-electron chi connectivity index (χ4n) is 3.43. The number of carbonyl (C=O) groups is 1. The Bertz CT molecular complexity index is 1120. The molecule has 6 nitrogen and oxygen atoms in total. The summed E-state index contributed by atoms with van der Waals surface area (Å²) in [5, 5.41) is 1.51. The van der Waals surface area contributed by atoms with Crippen LogP contribution in [0.4, 0.5) is 0 Å². The number of Topliss-reactive ketones (excluding diaryl/α,β-unsaturated/α-hetero) is 1. The monoisotopic (exact) mass is 444 g/mol. The summed E-state index contributed by atoms with van der Waals surface area (Å²) in [5.74, 6) is 0.806. The van der Waals surface area contributed by atoms with Crippen molar-refractivity contribution in [2.75, 3.05) is 19.5 Å². The van der Waals surface area contributed by atoms with Crippen LogP contribution >= 0.6 is 23.4 Å². The number of carbonyl (C=O) groups excluding carboxylic acids is 1. The fraction of sp³-hybridized carbons (Fsp3) is 0.318. The summed E-state index contributed by atoms with van der Waals surface area (Å²) >= 11 is 7.34. The van der Waals surface area contributed by atoms with Gasteiger partial charge in [-0.3, -0.25) is 14.2 Å². The molecule has 0 spiro atoms. The minimum absolute atomic E-state index is 0.0223. The Morgan fingerprint density at radius 1 is 1.30 bits per heavy atom. The Balaban J connectivity index is 1.63. The summed E-state index contributed by atoms with van der Waals surface area (Å²) < 4.78 is 12.5. The van der Waals surface area contributed by atoms with Gasteiger partial charge in [-0.05, 0) is 55.3 Å². The molecule has 1 atom stereocenters. The Morgan fingerprint density at radius 3 is 2.80 bits per heavy atom. The summed E-state index contributed by atoms with van der Waals surface area (Å²) in [4.78, 5) is 30.4. The number of halogens is 1. The number of ketones is 1. The first-order chi connectivity index (χ1) is 14.5. The van der Waals surface area contributed by atoms with Crippen molar-refractivity contribution < 1.29 is 14.3 Å². The van der Waals surface area contributed by atoms with E-state index in [1.54, 1.807) is 54.1 Å². The quantitative estimate of drug-likeness (QED) is 0.309. The number of methoxy groups -OCH3 is 1. The first-order valence-corrected chi connectivity index (χ1v) is 11.0. The lowest BCUT2D eigenvalue weighted by Crippen LogP contribution is -2.29. The van der Waals surface area contributed by atoms with Crippen LogP contribution in [-0.4, -0.2) is 40.9 Å². The smallest absolute Gasteiger partial charge is 0.262 e. The molecule has 1 saturated heterocycles. The van der Waals surface area contributed by atoms with Crippen LogP contribution in [-0.2, 0) is 11.3 Å². The van der Waals surface area contributed by atoms with Crippen LogP contribution in [0.15, 0.2) is 52.4 Å². The van der Waals surface area contributed by atoms with E-state index in [0.717, 1.165) is 12.8 Å². The highest BCUT2D eigenvalue weighted by Gasteiger charge is 2.21. The molecule has 0 saturated carbocycles. The van der Waals surface area contributed by atoms with Crippen LogP contribution < -0.4 is 10.3 Å². The first-order valence-electron chi connectivity index (χ1n) is 9.67.